The molecule has 1 aliphatic rings. The van der Waals surface area contributed by atoms with Gasteiger partial charge in [0.2, 0.25) is 0 Å². The number of aromatic nitrogens is 2. The molecule has 2 heterocycles. The molecule has 6 heteroatoms. The Morgan fingerprint density at radius 3 is 2.85 bits per heavy atom. The quantitative estimate of drug-likeness (QED) is 0.898. The summed E-state index contributed by atoms with van der Waals surface area (Å²) in [5, 5.41) is 7.08. The topological polar surface area (TPSA) is 75.0 Å². The van der Waals surface area contributed by atoms with Gasteiger partial charge in [0.25, 0.3) is 5.91 Å². The molecule has 2 unspecified atom stereocenters. The lowest BCUT2D eigenvalue weighted by Gasteiger charge is -2.37. The second-order valence-electron chi connectivity index (χ2n) is 5.88. The third-order valence-corrected chi connectivity index (χ3v) is 3.95. The summed E-state index contributed by atoms with van der Waals surface area (Å²) in [6, 6.07) is 2.01. The number of H-pyrrole nitrogens is 1. The Morgan fingerprint density at radius 2 is 2.30 bits per heavy atom. The summed E-state index contributed by atoms with van der Waals surface area (Å²) >= 11 is 0. The third-order valence-electron chi connectivity index (χ3n) is 3.95. The molecule has 0 spiro atoms. The van der Waals surface area contributed by atoms with Gasteiger partial charge in [0.05, 0.1) is 0 Å². The highest BCUT2D eigenvalue weighted by Crippen LogP contribution is 2.23. The van der Waals surface area contributed by atoms with Crippen molar-refractivity contribution < 1.29 is 4.79 Å². The summed E-state index contributed by atoms with van der Waals surface area (Å²) in [7, 11) is 0. The van der Waals surface area contributed by atoms with Crippen molar-refractivity contribution in [2.75, 3.05) is 13.1 Å². The van der Waals surface area contributed by atoms with E-state index >= 15 is 0 Å². The number of rotatable bonds is 3. The molecule has 1 amide bonds. The van der Waals surface area contributed by atoms with E-state index in [9.17, 15) is 4.79 Å². The zero-order chi connectivity index (χ0) is 14.0. The number of nitrogens with zero attached hydrogens (tertiary/aromatic N) is 2. The van der Waals surface area contributed by atoms with Crippen LogP contribution in [0.25, 0.3) is 0 Å². The molecule has 1 aromatic heterocycles. The number of hydrogen-bond acceptors (Lipinski definition) is 3. The van der Waals surface area contributed by atoms with Crippen LogP contribution in [0.4, 0.5) is 0 Å². The van der Waals surface area contributed by atoms with Crippen LogP contribution in [-0.4, -0.2) is 40.1 Å². The van der Waals surface area contributed by atoms with E-state index in [1.54, 1.807) is 0 Å². The fraction of sp³-hybridized carbons (Fsp3) is 0.714. The van der Waals surface area contributed by atoms with E-state index in [1.807, 2.05) is 11.0 Å². The van der Waals surface area contributed by atoms with Gasteiger partial charge in [0.15, 0.2) is 0 Å². The first-order valence-electron chi connectivity index (χ1n) is 7.09. The number of likely N-dealkylation sites (tertiary alicyclic amines) is 1. The Bertz CT molecular complexity index is 446. The Balaban J connectivity index is 0.00000200. The molecular formula is C14H25ClN4O. The minimum Gasteiger partial charge on any atom is -0.333 e. The van der Waals surface area contributed by atoms with E-state index in [2.05, 4.69) is 31.0 Å². The van der Waals surface area contributed by atoms with Gasteiger partial charge in [0, 0.05) is 24.8 Å². The first-order chi connectivity index (χ1) is 9.02. The number of nitrogens with one attached hydrogen (secondary N) is 1. The zero-order valence-corrected chi connectivity index (χ0v) is 13.2. The van der Waals surface area contributed by atoms with Crippen LogP contribution >= 0.6 is 12.4 Å². The van der Waals surface area contributed by atoms with Gasteiger partial charge in [0.1, 0.15) is 5.69 Å². The van der Waals surface area contributed by atoms with E-state index < -0.39 is 0 Å². The van der Waals surface area contributed by atoms with Crippen LogP contribution in [0.15, 0.2) is 6.07 Å². The highest BCUT2D eigenvalue weighted by molar-refractivity contribution is 5.92. The normalized spacial score (nSPS) is 22.8. The molecule has 3 N–H and O–H groups in total. The number of carbonyl (C=O) groups excluding carboxylic acids is 1. The van der Waals surface area contributed by atoms with Gasteiger partial charge >= 0.3 is 0 Å². The fourth-order valence-corrected chi connectivity index (χ4v) is 2.63. The Hall–Kier alpha value is -1.07. The number of hydrogen-bond donors (Lipinski definition) is 2. The first-order valence-corrected chi connectivity index (χ1v) is 7.09. The van der Waals surface area contributed by atoms with Crippen molar-refractivity contribution in [3.8, 4) is 0 Å². The van der Waals surface area contributed by atoms with Crippen molar-refractivity contribution in [3.63, 3.8) is 0 Å². The predicted molar refractivity (Wildman–Crippen MR) is 82.2 cm³/mol. The summed E-state index contributed by atoms with van der Waals surface area (Å²) in [6.45, 7) is 7.68. The van der Waals surface area contributed by atoms with Crippen molar-refractivity contribution in [1.29, 1.82) is 0 Å². The maximum Gasteiger partial charge on any atom is 0.274 e. The van der Waals surface area contributed by atoms with Crippen LogP contribution in [-0.2, 0) is 0 Å². The van der Waals surface area contributed by atoms with Crippen LogP contribution < -0.4 is 5.73 Å². The molecule has 0 aromatic carbocycles. The zero-order valence-electron chi connectivity index (χ0n) is 12.4. The Kier molecular flexibility index (Phi) is 6.02. The molecule has 0 radical (unpaired) electrons. The molecule has 0 aliphatic carbocycles. The van der Waals surface area contributed by atoms with E-state index in [-0.39, 0.29) is 24.4 Å². The largest absolute Gasteiger partial charge is 0.333 e. The first kappa shape index (κ1) is 17.0. The number of piperidine rings is 1. The highest BCUT2D eigenvalue weighted by Gasteiger charge is 2.30. The average Bonchev–Trinajstić information content (AvgIpc) is 2.87. The third kappa shape index (κ3) is 3.52. The Morgan fingerprint density at radius 1 is 1.60 bits per heavy atom. The van der Waals surface area contributed by atoms with Crippen LogP contribution in [0.2, 0.25) is 0 Å². The maximum atomic E-state index is 12.5. The van der Waals surface area contributed by atoms with Crippen LogP contribution in [0, 0.1) is 5.92 Å². The predicted octanol–water partition coefficient (Wildman–Crippen LogP) is 2.15. The number of carbonyl (C=O) groups is 1. The van der Waals surface area contributed by atoms with Crippen molar-refractivity contribution in [2.24, 2.45) is 11.7 Å². The number of amides is 1. The summed E-state index contributed by atoms with van der Waals surface area (Å²) in [4.78, 5) is 14.4. The van der Waals surface area contributed by atoms with Gasteiger partial charge in [-0.05, 0) is 30.7 Å². The summed E-state index contributed by atoms with van der Waals surface area (Å²) in [5.41, 5.74) is 7.31. The number of aromatic amines is 1. The minimum absolute atomic E-state index is 0. The van der Waals surface area contributed by atoms with Crippen molar-refractivity contribution in [3.05, 3.63) is 17.5 Å². The van der Waals surface area contributed by atoms with Crippen LogP contribution in [0.1, 0.15) is 55.7 Å². The molecule has 0 bridgehead atoms. The van der Waals surface area contributed by atoms with Crippen molar-refractivity contribution >= 4 is 18.3 Å². The lowest BCUT2D eigenvalue weighted by molar-refractivity contribution is 0.0567. The average molecular weight is 301 g/mol. The molecule has 1 aromatic rings. The minimum atomic E-state index is 0. The second-order valence-corrected chi connectivity index (χ2v) is 5.88. The molecule has 20 heavy (non-hydrogen) atoms. The lowest BCUT2D eigenvalue weighted by Crippen LogP contribution is -2.49. The van der Waals surface area contributed by atoms with Gasteiger partial charge in [-0.3, -0.25) is 9.89 Å². The summed E-state index contributed by atoms with van der Waals surface area (Å²) in [5.74, 6) is 0.995. The molecular weight excluding hydrogens is 276 g/mol. The fourth-order valence-electron chi connectivity index (χ4n) is 2.63. The standard InChI is InChI=1S/C14H24N4O.ClH/c1-9(2)12-7-13(17-16-12)14(19)18-5-4-10(3)6-11(18)8-15;/h7,9-11H,4-6,8,15H2,1-3H3,(H,16,17);1H. The van der Waals surface area contributed by atoms with Crippen LogP contribution in [0.3, 0.4) is 0 Å². The number of halogens is 1. The molecule has 0 saturated carbocycles. The summed E-state index contributed by atoms with van der Waals surface area (Å²) < 4.78 is 0. The molecule has 5 nitrogen and oxygen atoms in total. The van der Waals surface area contributed by atoms with Gasteiger partial charge < -0.3 is 10.6 Å². The smallest absolute Gasteiger partial charge is 0.274 e. The van der Waals surface area contributed by atoms with Gasteiger partial charge in [-0.15, -0.1) is 12.4 Å². The van der Waals surface area contributed by atoms with E-state index in [1.165, 1.54) is 0 Å². The van der Waals surface area contributed by atoms with Crippen molar-refractivity contribution in [1.82, 2.24) is 15.1 Å². The molecule has 2 atom stereocenters. The van der Waals surface area contributed by atoms with E-state index in [0.29, 0.717) is 24.1 Å². The van der Waals surface area contributed by atoms with Gasteiger partial charge in [-0.1, -0.05) is 20.8 Å². The molecule has 1 aliphatic heterocycles. The number of nitrogens with two attached hydrogens (primary N) is 1. The van der Waals surface area contributed by atoms with Gasteiger partial charge in [-0.2, -0.15) is 5.10 Å². The maximum absolute atomic E-state index is 12.5. The lowest BCUT2D eigenvalue weighted by atomic mass is 9.92. The highest BCUT2D eigenvalue weighted by atomic mass is 35.5. The molecule has 2 rings (SSSR count). The Labute approximate surface area is 126 Å². The molecule has 1 saturated heterocycles. The van der Waals surface area contributed by atoms with Crippen LogP contribution in [0.5, 0.6) is 0 Å². The van der Waals surface area contributed by atoms with Crippen molar-refractivity contribution in [2.45, 2.75) is 45.6 Å². The summed E-state index contributed by atoms with van der Waals surface area (Å²) in [6.07, 6.45) is 2.04. The van der Waals surface area contributed by atoms with E-state index in [0.717, 1.165) is 25.1 Å². The van der Waals surface area contributed by atoms with Gasteiger partial charge in [-0.25, -0.2) is 0 Å². The molecule has 114 valence electrons. The molecule has 1 fully saturated rings. The second kappa shape index (κ2) is 7.09. The van der Waals surface area contributed by atoms with E-state index in [4.69, 9.17) is 5.73 Å². The monoisotopic (exact) mass is 300 g/mol. The SMILES string of the molecule is CC1CCN(C(=O)c2cc(C(C)C)[nH]n2)C(CN)C1.Cl.